The predicted octanol–water partition coefficient (Wildman–Crippen LogP) is 5.53. The van der Waals surface area contributed by atoms with Crippen LogP contribution in [0.5, 0.6) is 0 Å². The van der Waals surface area contributed by atoms with Crippen LogP contribution in [0.2, 0.25) is 5.02 Å². The molecule has 7 atom stereocenters. The minimum Gasteiger partial charge on any atom is -0.307 e. The average Bonchev–Trinajstić information content (AvgIpc) is 3.53. The normalized spacial score (nSPS) is 33.2. The molecule has 172 valence electrons. The zero-order valence-corrected chi connectivity index (χ0v) is 21.6. The number of carbonyl (C=O) groups excluding carboxylic acids is 2. The number of benzene rings is 2. The summed E-state index contributed by atoms with van der Waals surface area (Å²) in [5.74, 6) is -0.321. The summed E-state index contributed by atoms with van der Waals surface area (Å²) in [6, 6.07) is 15.2. The first-order valence-electron chi connectivity index (χ1n) is 11.2. The topological polar surface area (TPSA) is 70.2 Å². The fourth-order valence-corrected chi connectivity index (χ4v) is 10.4. The second-order valence-corrected chi connectivity index (χ2v) is 13.1. The van der Waals surface area contributed by atoms with Gasteiger partial charge in [-0.15, -0.1) is 11.8 Å². The molecule has 3 fully saturated rings. The van der Waals surface area contributed by atoms with Gasteiger partial charge in [0.2, 0.25) is 11.8 Å². The number of aromatic amines is 1. The highest BCUT2D eigenvalue weighted by molar-refractivity contribution is 9.10. The molecule has 0 spiro atoms. The van der Waals surface area contributed by atoms with Gasteiger partial charge in [0.1, 0.15) is 0 Å². The van der Waals surface area contributed by atoms with Gasteiger partial charge in [0, 0.05) is 25.5 Å². The van der Waals surface area contributed by atoms with Gasteiger partial charge in [0.05, 0.1) is 22.5 Å². The number of hydrogen-bond acceptors (Lipinski definition) is 5. The van der Waals surface area contributed by atoms with Crippen molar-refractivity contribution in [2.24, 2.45) is 29.6 Å². The number of anilines is 1. The number of nitrogens with zero attached hydrogens (tertiary/aromatic N) is 1. The number of H-pyrrole nitrogens is 1. The SMILES string of the molecule is O=C1C2C3CC(C2C(=O)N1c1ccc(Cl)cc1)C1C3Sc2[nH]c(=O)sc2[C@@H]1c1cccc(Br)c1. The van der Waals surface area contributed by atoms with Gasteiger partial charge < -0.3 is 4.98 Å². The molecule has 2 bridgehead atoms. The van der Waals surface area contributed by atoms with Crippen LogP contribution in [0.25, 0.3) is 0 Å². The van der Waals surface area contributed by atoms with Gasteiger partial charge >= 0.3 is 4.87 Å². The highest BCUT2D eigenvalue weighted by Gasteiger charge is 2.69. The third-order valence-corrected chi connectivity index (χ3v) is 11.4. The molecule has 7 rings (SSSR count). The summed E-state index contributed by atoms with van der Waals surface area (Å²) in [5, 5.41) is 1.69. The van der Waals surface area contributed by atoms with E-state index in [0.29, 0.717) is 10.7 Å². The van der Waals surface area contributed by atoms with E-state index in [-0.39, 0.29) is 57.4 Å². The smallest absolute Gasteiger partial charge is 0.305 e. The number of carbonyl (C=O) groups is 2. The van der Waals surface area contributed by atoms with Crippen molar-refractivity contribution >= 4 is 68.1 Å². The minimum atomic E-state index is -0.304. The quantitative estimate of drug-likeness (QED) is 0.409. The highest BCUT2D eigenvalue weighted by atomic mass is 79.9. The van der Waals surface area contributed by atoms with E-state index in [4.69, 9.17) is 11.6 Å². The summed E-state index contributed by atoms with van der Waals surface area (Å²) in [5.41, 5.74) is 1.74. The van der Waals surface area contributed by atoms with Crippen molar-refractivity contribution in [3.8, 4) is 0 Å². The van der Waals surface area contributed by atoms with Crippen LogP contribution in [0, 0.1) is 29.6 Å². The maximum atomic E-state index is 13.7. The molecule has 2 amide bonds. The summed E-state index contributed by atoms with van der Waals surface area (Å²) >= 11 is 12.6. The largest absolute Gasteiger partial charge is 0.307 e. The fraction of sp³-hybridized carbons (Fsp3) is 0.320. The molecule has 1 N–H and O–H groups in total. The molecule has 1 aromatic heterocycles. The summed E-state index contributed by atoms with van der Waals surface area (Å²) in [6.45, 7) is 0. The van der Waals surface area contributed by atoms with Crippen LogP contribution >= 0.6 is 50.6 Å². The summed E-state index contributed by atoms with van der Waals surface area (Å²) in [4.78, 5) is 45.1. The van der Waals surface area contributed by atoms with Crippen LogP contribution in [-0.2, 0) is 9.59 Å². The number of imide groups is 1. The average molecular weight is 574 g/mol. The molecule has 3 heterocycles. The van der Waals surface area contributed by atoms with Crippen LogP contribution in [0.1, 0.15) is 22.8 Å². The van der Waals surface area contributed by atoms with E-state index in [1.807, 2.05) is 12.1 Å². The molecule has 5 nitrogen and oxygen atoms in total. The summed E-state index contributed by atoms with van der Waals surface area (Å²) in [6.07, 6.45) is 0.882. The molecule has 0 radical (unpaired) electrons. The van der Waals surface area contributed by atoms with Gasteiger partial charge in [-0.3, -0.25) is 19.3 Å². The molecule has 4 aliphatic rings. The standard InChI is InChI=1S/C25H18BrClN2O3S2/c26-11-3-1-2-10(8-11)16-17-14-9-15(20(17)33-22-21(16)34-25(32)28-22)19-18(14)23(30)29(24(19)31)13-6-4-12(27)5-7-13/h1-8,14-20H,9H2,(H,28,32)/t14?,15?,16-,17?,18?,19?,20?/m1/s1. The van der Waals surface area contributed by atoms with E-state index >= 15 is 0 Å². The molecular formula is C25H18BrClN2O3S2. The number of halogens is 2. The molecule has 3 aromatic rings. The number of thioether (sulfide) groups is 1. The van der Waals surface area contributed by atoms with Gasteiger partial charge in [-0.25, -0.2) is 0 Å². The zero-order chi connectivity index (χ0) is 23.3. The lowest BCUT2D eigenvalue weighted by Gasteiger charge is -2.43. The van der Waals surface area contributed by atoms with Gasteiger partial charge in [0.15, 0.2) is 0 Å². The Morgan fingerprint density at radius 3 is 2.47 bits per heavy atom. The summed E-state index contributed by atoms with van der Waals surface area (Å²) < 4.78 is 0.992. The molecule has 2 aromatic carbocycles. The number of amides is 2. The Bertz CT molecular complexity index is 1420. The lowest BCUT2D eigenvalue weighted by molar-refractivity contribution is -0.123. The first-order chi connectivity index (χ1) is 16.4. The second kappa shape index (κ2) is 7.56. The molecule has 9 heteroatoms. The van der Waals surface area contributed by atoms with Gasteiger partial charge in [-0.1, -0.05) is 51.0 Å². The predicted molar refractivity (Wildman–Crippen MR) is 137 cm³/mol. The molecule has 2 aliphatic heterocycles. The van der Waals surface area contributed by atoms with Gasteiger partial charge in [-0.05, 0) is 66.1 Å². The van der Waals surface area contributed by atoms with E-state index in [2.05, 4.69) is 33.0 Å². The van der Waals surface area contributed by atoms with Gasteiger partial charge in [-0.2, -0.15) is 0 Å². The Labute approximate surface area is 217 Å². The number of nitrogens with one attached hydrogen (secondary N) is 1. The monoisotopic (exact) mass is 572 g/mol. The van der Waals surface area contributed by atoms with Crippen molar-refractivity contribution in [1.82, 2.24) is 4.98 Å². The molecule has 6 unspecified atom stereocenters. The molecular weight excluding hydrogens is 556 g/mol. The Balaban J connectivity index is 1.33. The van der Waals surface area contributed by atoms with Crippen LogP contribution in [0.4, 0.5) is 5.69 Å². The third kappa shape index (κ3) is 2.89. The van der Waals surface area contributed by atoms with E-state index < -0.39 is 0 Å². The number of hydrogen-bond donors (Lipinski definition) is 1. The Kier molecular flexibility index (Phi) is 4.76. The number of aromatic nitrogens is 1. The maximum absolute atomic E-state index is 13.7. The lowest BCUT2D eigenvalue weighted by atomic mass is 9.68. The van der Waals surface area contributed by atoms with Crippen molar-refractivity contribution in [3.63, 3.8) is 0 Å². The van der Waals surface area contributed by atoms with Crippen molar-refractivity contribution in [3.05, 3.63) is 78.1 Å². The van der Waals surface area contributed by atoms with Crippen LogP contribution < -0.4 is 9.77 Å². The van der Waals surface area contributed by atoms with Gasteiger partial charge in [0.25, 0.3) is 0 Å². The van der Waals surface area contributed by atoms with E-state index in [0.717, 1.165) is 26.4 Å². The van der Waals surface area contributed by atoms with E-state index in [1.165, 1.54) is 16.2 Å². The molecule has 2 aliphatic carbocycles. The second-order valence-electron chi connectivity index (χ2n) is 9.50. The van der Waals surface area contributed by atoms with E-state index in [9.17, 15) is 14.4 Å². The number of thiazole rings is 1. The third-order valence-electron chi connectivity index (χ3n) is 8.02. The number of fused-ring (bicyclic) bond motifs is 9. The van der Waals surface area contributed by atoms with Crippen molar-refractivity contribution in [2.75, 3.05) is 4.90 Å². The lowest BCUT2D eigenvalue weighted by Crippen LogP contribution is -2.42. The first-order valence-corrected chi connectivity index (χ1v) is 14.1. The van der Waals surface area contributed by atoms with Crippen LogP contribution in [0.3, 0.4) is 0 Å². The van der Waals surface area contributed by atoms with Crippen LogP contribution in [0.15, 0.2) is 62.8 Å². The Hall–Kier alpha value is -1.87. The van der Waals surface area contributed by atoms with Crippen molar-refractivity contribution < 1.29 is 9.59 Å². The Morgan fingerprint density at radius 1 is 1.00 bits per heavy atom. The fourth-order valence-electron chi connectivity index (χ4n) is 6.93. The first kappa shape index (κ1) is 21.4. The van der Waals surface area contributed by atoms with Crippen molar-refractivity contribution in [1.29, 1.82) is 0 Å². The molecule has 1 saturated heterocycles. The maximum Gasteiger partial charge on any atom is 0.305 e. The molecule has 34 heavy (non-hydrogen) atoms. The van der Waals surface area contributed by atoms with Crippen molar-refractivity contribution in [2.45, 2.75) is 22.6 Å². The van der Waals surface area contributed by atoms with E-state index in [1.54, 1.807) is 36.0 Å². The minimum absolute atomic E-state index is 0.0335. The Morgan fingerprint density at radius 2 is 1.74 bits per heavy atom. The highest BCUT2D eigenvalue weighted by Crippen LogP contribution is 2.68. The zero-order valence-electron chi connectivity index (χ0n) is 17.6. The summed E-state index contributed by atoms with van der Waals surface area (Å²) in [7, 11) is 0. The molecule has 2 saturated carbocycles. The van der Waals surface area contributed by atoms with Crippen LogP contribution in [-0.4, -0.2) is 22.0 Å². The number of rotatable bonds is 2.